The molecular formula is C18H21N3O3. The van der Waals surface area contributed by atoms with E-state index < -0.39 is 5.91 Å². The molecule has 0 aliphatic carbocycles. The fourth-order valence-corrected chi connectivity index (χ4v) is 3.33. The molecule has 0 aromatic heterocycles. The van der Waals surface area contributed by atoms with E-state index in [1.807, 2.05) is 35.2 Å². The zero-order chi connectivity index (χ0) is 17.1. The van der Waals surface area contributed by atoms with Gasteiger partial charge in [0.2, 0.25) is 5.91 Å². The van der Waals surface area contributed by atoms with Crippen molar-refractivity contribution in [3.8, 4) is 0 Å². The summed E-state index contributed by atoms with van der Waals surface area (Å²) in [6, 6.07) is 8.31. The van der Waals surface area contributed by atoms with Gasteiger partial charge in [-0.1, -0.05) is 24.3 Å². The smallest absolute Gasteiger partial charge is 0.267 e. The van der Waals surface area contributed by atoms with E-state index in [2.05, 4.69) is 11.9 Å². The van der Waals surface area contributed by atoms with Gasteiger partial charge in [-0.15, -0.1) is 0 Å². The van der Waals surface area contributed by atoms with Crippen LogP contribution < -0.4 is 5.48 Å². The molecule has 1 aromatic rings. The van der Waals surface area contributed by atoms with Gasteiger partial charge in [0.05, 0.1) is 0 Å². The predicted octanol–water partition coefficient (Wildman–Crippen LogP) is 1.13. The quantitative estimate of drug-likeness (QED) is 0.494. The highest BCUT2D eigenvalue weighted by atomic mass is 16.5. The number of nitrogens with one attached hydrogen (secondary N) is 1. The van der Waals surface area contributed by atoms with E-state index in [-0.39, 0.29) is 5.91 Å². The Morgan fingerprint density at radius 1 is 1.08 bits per heavy atom. The average Bonchev–Trinajstić information content (AvgIpc) is 3.17. The number of fused-ring (bicyclic) bond motifs is 2. The van der Waals surface area contributed by atoms with Crippen molar-refractivity contribution in [2.45, 2.75) is 18.5 Å². The Hall–Kier alpha value is -2.44. The summed E-state index contributed by atoms with van der Waals surface area (Å²) in [6.45, 7) is 1.79. The minimum Gasteiger partial charge on any atom is -0.333 e. The first-order valence-electron chi connectivity index (χ1n) is 7.98. The number of hydroxylamine groups is 1. The molecule has 0 saturated carbocycles. The van der Waals surface area contributed by atoms with Crippen LogP contribution in [-0.2, 0) is 9.59 Å². The van der Waals surface area contributed by atoms with Gasteiger partial charge in [-0.3, -0.25) is 19.7 Å². The van der Waals surface area contributed by atoms with Crippen LogP contribution >= 0.6 is 0 Å². The van der Waals surface area contributed by atoms with E-state index in [1.54, 1.807) is 12.2 Å². The summed E-state index contributed by atoms with van der Waals surface area (Å²) in [5.74, 6) is -0.505. The Bertz CT molecular complexity index is 679. The van der Waals surface area contributed by atoms with Crippen LogP contribution in [0.3, 0.4) is 0 Å². The van der Waals surface area contributed by atoms with Crippen LogP contribution in [0, 0.1) is 0 Å². The lowest BCUT2D eigenvalue weighted by Crippen LogP contribution is -2.46. The first-order valence-corrected chi connectivity index (χ1v) is 7.98. The van der Waals surface area contributed by atoms with Crippen LogP contribution in [0.15, 0.2) is 36.4 Å². The third kappa shape index (κ3) is 3.55. The maximum absolute atomic E-state index is 12.3. The molecule has 0 spiro atoms. The van der Waals surface area contributed by atoms with E-state index in [4.69, 9.17) is 5.21 Å². The third-order valence-corrected chi connectivity index (χ3v) is 4.69. The zero-order valence-corrected chi connectivity index (χ0v) is 13.6. The van der Waals surface area contributed by atoms with Crippen LogP contribution in [0.5, 0.6) is 0 Å². The number of amides is 2. The molecule has 1 aromatic carbocycles. The first kappa shape index (κ1) is 16.4. The zero-order valence-electron chi connectivity index (χ0n) is 13.6. The first-order chi connectivity index (χ1) is 11.6. The molecule has 126 valence electrons. The maximum atomic E-state index is 12.3. The SMILES string of the molecule is CN1C[C@@H]2C[C@H]1CN2C(=O)/C=C/c1ccc(/C=C/C(=O)NO)cc1. The average molecular weight is 327 g/mol. The molecule has 2 amide bonds. The van der Waals surface area contributed by atoms with Crippen molar-refractivity contribution in [1.82, 2.24) is 15.3 Å². The lowest BCUT2D eigenvalue weighted by Gasteiger charge is -2.31. The van der Waals surface area contributed by atoms with Gasteiger partial charge in [-0.25, -0.2) is 5.48 Å². The van der Waals surface area contributed by atoms with Crippen LogP contribution in [-0.4, -0.2) is 59.0 Å². The fourth-order valence-electron chi connectivity index (χ4n) is 3.33. The number of carbonyl (C=O) groups excluding carboxylic acids is 2. The molecule has 2 atom stereocenters. The van der Waals surface area contributed by atoms with Crippen molar-refractivity contribution in [3.63, 3.8) is 0 Å². The summed E-state index contributed by atoms with van der Waals surface area (Å²) in [7, 11) is 2.11. The van der Waals surface area contributed by atoms with Crippen molar-refractivity contribution >= 4 is 24.0 Å². The van der Waals surface area contributed by atoms with Crippen LogP contribution in [0.2, 0.25) is 0 Å². The van der Waals surface area contributed by atoms with Gasteiger partial charge in [-0.2, -0.15) is 0 Å². The normalized spacial score (nSPS) is 23.5. The van der Waals surface area contributed by atoms with Gasteiger partial charge in [0, 0.05) is 37.3 Å². The Balaban J connectivity index is 1.58. The van der Waals surface area contributed by atoms with Gasteiger partial charge in [0.1, 0.15) is 0 Å². The summed E-state index contributed by atoms with van der Waals surface area (Å²) >= 11 is 0. The molecule has 3 rings (SSSR count). The number of benzene rings is 1. The van der Waals surface area contributed by atoms with Crippen LogP contribution in [0.25, 0.3) is 12.2 Å². The van der Waals surface area contributed by atoms with E-state index in [1.165, 1.54) is 11.6 Å². The van der Waals surface area contributed by atoms with Gasteiger partial charge >= 0.3 is 0 Å². The predicted molar refractivity (Wildman–Crippen MR) is 91.0 cm³/mol. The summed E-state index contributed by atoms with van der Waals surface area (Å²) in [6.07, 6.45) is 7.37. The van der Waals surface area contributed by atoms with Crippen molar-refractivity contribution in [2.24, 2.45) is 0 Å². The summed E-state index contributed by atoms with van der Waals surface area (Å²) in [5.41, 5.74) is 3.30. The number of piperazine rings is 1. The molecule has 2 N–H and O–H groups in total. The number of rotatable bonds is 4. The topological polar surface area (TPSA) is 72.9 Å². The Labute approximate surface area is 141 Å². The lowest BCUT2D eigenvalue weighted by atomic mass is 10.1. The van der Waals surface area contributed by atoms with E-state index >= 15 is 0 Å². The highest BCUT2D eigenvalue weighted by Crippen LogP contribution is 2.29. The van der Waals surface area contributed by atoms with Gasteiger partial charge < -0.3 is 4.90 Å². The number of nitrogens with zero attached hydrogens (tertiary/aromatic N) is 2. The summed E-state index contributed by atoms with van der Waals surface area (Å²) in [4.78, 5) is 27.5. The molecule has 2 bridgehead atoms. The Morgan fingerprint density at radius 2 is 1.71 bits per heavy atom. The molecule has 2 aliphatic rings. The van der Waals surface area contributed by atoms with Crippen molar-refractivity contribution in [1.29, 1.82) is 0 Å². The molecule has 2 saturated heterocycles. The van der Waals surface area contributed by atoms with E-state index in [0.717, 1.165) is 30.6 Å². The highest BCUT2D eigenvalue weighted by molar-refractivity contribution is 5.92. The molecule has 6 nitrogen and oxygen atoms in total. The van der Waals surface area contributed by atoms with Crippen LogP contribution in [0.4, 0.5) is 0 Å². The molecule has 6 heteroatoms. The van der Waals surface area contributed by atoms with E-state index in [9.17, 15) is 9.59 Å². The number of likely N-dealkylation sites (tertiary alicyclic amines) is 2. The fraction of sp³-hybridized carbons (Fsp3) is 0.333. The highest BCUT2D eigenvalue weighted by Gasteiger charge is 2.42. The molecule has 2 heterocycles. The van der Waals surface area contributed by atoms with Gasteiger partial charge in [0.15, 0.2) is 0 Å². The second-order valence-corrected chi connectivity index (χ2v) is 6.28. The Morgan fingerprint density at radius 3 is 2.21 bits per heavy atom. The third-order valence-electron chi connectivity index (χ3n) is 4.69. The minimum atomic E-state index is -0.574. The van der Waals surface area contributed by atoms with Gasteiger partial charge in [0.25, 0.3) is 5.91 Å². The van der Waals surface area contributed by atoms with Gasteiger partial charge in [-0.05, 0) is 36.7 Å². The summed E-state index contributed by atoms with van der Waals surface area (Å²) in [5, 5.41) is 8.42. The summed E-state index contributed by atoms with van der Waals surface area (Å²) < 4.78 is 0. The van der Waals surface area contributed by atoms with Crippen molar-refractivity contribution in [3.05, 3.63) is 47.5 Å². The largest absolute Gasteiger partial charge is 0.333 e. The van der Waals surface area contributed by atoms with Crippen LogP contribution in [0.1, 0.15) is 17.5 Å². The minimum absolute atomic E-state index is 0.0687. The number of hydrogen-bond donors (Lipinski definition) is 2. The molecule has 2 aliphatic heterocycles. The monoisotopic (exact) mass is 327 g/mol. The second-order valence-electron chi connectivity index (χ2n) is 6.28. The lowest BCUT2D eigenvalue weighted by molar-refractivity contribution is -0.128. The van der Waals surface area contributed by atoms with E-state index in [0.29, 0.717) is 12.1 Å². The molecular weight excluding hydrogens is 306 g/mol. The molecule has 0 radical (unpaired) electrons. The molecule has 2 fully saturated rings. The number of hydrogen-bond acceptors (Lipinski definition) is 4. The van der Waals surface area contributed by atoms with Crippen molar-refractivity contribution in [2.75, 3.05) is 20.1 Å². The number of likely N-dealkylation sites (N-methyl/N-ethyl adjacent to an activating group) is 1. The molecule has 0 unspecified atom stereocenters. The van der Waals surface area contributed by atoms with Crippen molar-refractivity contribution < 1.29 is 14.8 Å². The number of carbonyl (C=O) groups is 2. The second kappa shape index (κ2) is 6.98. The Kier molecular flexibility index (Phi) is 4.78. The molecule has 24 heavy (non-hydrogen) atoms. The standard InChI is InChI=1S/C18H21N3O3/c1-20-11-16-10-15(20)12-21(16)18(23)9-7-14-4-2-13(3-5-14)6-8-17(22)19-24/h2-9,15-16,24H,10-12H2,1H3,(H,19,22)/b8-6+,9-7+/t15-,16-/m0/s1. The maximum Gasteiger partial charge on any atom is 0.267 e.